The van der Waals surface area contributed by atoms with E-state index >= 15 is 0 Å². The maximum absolute atomic E-state index is 13.3. The van der Waals surface area contributed by atoms with Crippen molar-refractivity contribution in [3.63, 3.8) is 0 Å². The number of amides is 1. The van der Waals surface area contributed by atoms with E-state index in [1.54, 1.807) is 13.8 Å². The minimum Gasteiger partial charge on any atom is -0.445 e. The van der Waals surface area contributed by atoms with E-state index in [1.807, 2.05) is 30.3 Å². The van der Waals surface area contributed by atoms with Crippen molar-refractivity contribution in [1.82, 2.24) is 5.32 Å². The standard InChI is InChI=1S/C20H25FNO5P/c1-3-26-28(24,27-4-2)15-19(17-10-12-18(21)13-11-17)22-20(23)25-14-16-8-6-5-7-9-16/h5-13,19H,3-4,14-15H2,1-2H3,(H,22,23)/t19-/m1/s1. The molecule has 0 aliphatic heterocycles. The lowest BCUT2D eigenvalue weighted by molar-refractivity contribution is 0.136. The summed E-state index contributed by atoms with van der Waals surface area (Å²) in [5, 5.41) is 2.68. The topological polar surface area (TPSA) is 73.9 Å². The van der Waals surface area contributed by atoms with Crippen molar-refractivity contribution in [2.24, 2.45) is 0 Å². The zero-order valence-corrected chi connectivity index (χ0v) is 16.9. The van der Waals surface area contributed by atoms with Crippen LogP contribution < -0.4 is 5.32 Å². The molecule has 0 heterocycles. The van der Waals surface area contributed by atoms with Crippen LogP contribution in [0.15, 0.2) is 54.6 Å². The summed E-state index contributed by atoms with van der Waals surface area (Å²) >= 11 is 0. The molecule has 2 aromatic rings. The summed E-state index contributed by atoms with van der Waals surface area (Å²) in [7, 11) is -3.45. The Hall–Kier alpha value is -2.21. The highest BCUT2D eigenvalue weighted by Crippen LogP contribution is 2.50. The Kier molecular flexibility index (Phi) is 8.64. The highest BCUT2D eigenvalue weighted by molar-refractivity contribution is 7.53. The van der Waals surface area contributed by atoms with Crippen LogP contribution in [0.2, 0.25) is 0 Å². The van der Waals surface area contributed by atoms with E-state index in [0.717, 1.165) is 5.56 Å². The minimum absolute atomic E-state index is 0.0946. The molecule has 0 spiro atoms. The van der Waals surface area contributed by atoms with E-state index in [-0.39, 0.29) is 26.0 Å². The predicted molar refractivity (Wildman–Crippen MR) is 105 cm³/mol. The molecule has 1 N–H and O–H groups in total. The molecule has 1 atom stereocenters. The summed E-state index contributed by atoms with van der Waals surface area (Å²) in [6, 6.07) is 14.1. The molecule has 28 heavy (non-hydrogen) atoms. The van der Waals surface area contributed by atoms with E-state index in [9.17, 15) is 13.8 Å². The van der Waals surface area contributed by atoms with Gasteiger partial charge in [-0.1, -0.05) is 42.5 Å². The summed E-state index contributed by atoms with van der Waals surface area (Å²) in [6.07, 6.45) is -0.779. The van der Waals surface area contributed by atoms with Gasteiger partial charge >= 0.3 is 13.7 Å². The molecule has 152 valence electrons. The van der Waals surface area contributed by atoms with Crippen molar-refractivity contribution < 1.29 is 27.5 Å². The number of carbonyl (C=O) groups excluding carboxylic acids is 1. The van der Waals surface area contributed by atoms with Crippen molar-refractivity contribution >= 4 is 13.7 Å². The second-order valence-electron chi connectivity index (χ2n) is 5.94. The van der Waals surface area contributed by atoms with Gasteiger partial charge in [-0.15, -0.1) is 0 Å². The first-order chi connectivity index (χ1) is 13.5. The normalized spacial score (nSPS) is 12.4. The van der Waals surface area contributed by atoms with Crippen LogP contribution in [0.4, 0.5) is 9.18 Å². The maximum Gasteiger partial charge on any atom is 0.407 e. The van der Waals surface area contributed by atoms with Crippen LogP contribution in [-0.2, 0) is 25.0 Å². The van der Waals surface area contributed by atoms with E-state index < -0.39 is 25.5 Å². The van der Waals surface area contributed by atoms with E-state index in [4.69, 9.17) is 13.8 Å². The van der Waals surface area contributed by atoms with Crippen LogP contribution in [0.5, 0.6) is 0 Å². The zero-order valence-electron chi connectivity index (χ0n) is 16.0. The average molecular weight is 409 g/mol. The number of carbonyl (C=O) groups is 1. The lowest BCUT2D eigenvalue weighted by Gasteiger charge is -2.24. The number of hydrogen-bond acceptors (Lipinski definition) is 5. The van der Waals surface area contributed by atoms with E-state index in [0.29, 0.717) is 5.56 Å². The summed E-state index contributed by atoms with van der Waals surface area (Å²) in [6.45, 7) is 3.91. The number of alkyl carbamates (subject to hydrolysis) is 1. The fourth-order valence-electron chi connectivity index (χ4n) is 2.60. The van der Waals surface area contributed by atoms with Crippen LogP contribution in [-0.4, -0.2) is 25.5 Å². The summed E-state index contributed by atoms with van der Waals surface area (Å²) in [4.78, 5) is 12.3. The molecule has 8 heteroatoms. The first-order valence-corrected chi connectivity index (χ1v) is 10.8. The average Bonchev–Trinajstić information content (AvgIpc) is 2.67. The van der Waals surface area contributed by atoms with Gasteiger partial charge in [-0.05, 0) is 37.1 Å². The largest absolute Gasteiger partial charge is 0.445 e. The third-order valence-electron chi connectivity index (χ3n) is 3.83. The molecule has 0 saturated carbocycles. The highest BCUT2D eigenvalue weighted by atomic mass is 31.2. The smallest absolute Gasteiger partial charge is 0.407 e. The Bertz CT molecular complexity index is 775. The van der Waals surface area contributed by atoms with Gasteiger partial charge in [-0.3, -0.25) is 4.57 Å². The van der Waals surface area contributed by atoms with Crippen LogP contribution in [0, 0.1) is 5.82 Å². The van der Waals surface area contributed by atoms with Gasteiger partial charge in [0.25, 0.3) is 0 Å². The quantitative estimate of drug-likeness (QED) is 0.556. The van der Waals surface area contributed by atoms with Crippen LogP contribution in [0.25, 0.3) is 0 Å². The summed E-state index contributed by atoms with van der Waals surface area (Å²) in [5.41, 5.74) is 1.41. The monoisotopic (exact) mass is 409 g/mol. The molecule has 0 aromatic heterocycles. The third kappa shape index (κ3) is 7.08. The molecule has 0 saturated heterocycles. The minimum atomic E-state index is -3.45. The van der Waals surface area contributed by atoms with Crippen LogP contribution >= 0.6 is 7.60 Å². The third-order valence-corrected chi connectivity index (χ3v) is 5.95. The highest BCUT2D eigenvalue weighted by Gasteiger charge is 2.30. The van der Waals surface area contributed by atoms with E-state index in [1.165, 1.54) is 24.3 Å². The number of hydrogen-bond donors (Lipinski definition) is 1. The fourth-order valence-corrected chi connectivity index (χ4v) is 4.42. The Morgan fingerprint density at radius 2 is 1.64 bits per heavy atom. The lowest BCUT2D eigenvalue weighted by Crippen LogP contribution is -2.31. The maximum atomic E-state index is 13.3. The SMILES string of the molecule is CCOP(=O)(C[C@@H](NC(=O)OCc1ccccc1)c1ccc(F)cc1)OCC. The van der Waals surface area contributed by atoms with Crippen LogP contribution in [0.3, 0.4) is 0 Å². The summed E-state index contributed by atoms with van der Waals surface area (Å²) in [5.74, 6) is -0.410. The van der Waals surface area contributed by atoms with Gasteiger partial charge in [-0.25, -0.2) is 9.18 Å². The van der Waals surface area contributed by atoms with Gasteiger partial charge in [0.05, 0.1) is 25.4 Å². The van der Waals surface area contributed by atoms with Gasteiger partial charge < -0.3 is 19.1 Å². The molecular weight excluding hydrogens is 384 g/mol. The Morgan fingerprint density at radius 1 is 1.04 bits per heavy atom. The van der Waals surface area contributed by atoms with Crippen molar-refractivity contribution in [2.75, 3.05) is 19.4 Å². The van der Waals surface area contributed by atoms with Gasteiger partial charge in [0, 0.05) is 0 Å². The van der Waals surface area contributed by atoms with E-state index in [2.05, 4.69) is 5.32 Å². The van der Waals surface area contributed by atoms with Crippen molar-refractivity contribution in [3.8, 4) is 0 Å². The number of ether oxygens (including phenoxy) is 1. The predicted octanol–water partition coefficient (Wildman–Crippen LogP) is 5.06. The Balaban J connectivity index is 2.12. The summed E-state index contributed by atoms with van der Waals surface area (Å²) < 4.78 is 42.1. The lowest BCUT2D eigenvalue weighted by atomic mass is 10.1. The molecule has 0 aliphatic rings. The molecule has 2 rings (SSSR count). The molecule has 6 nitrogen and oxygen atoms in total. The molecule has 0 fully saturated rings. The fraction of sp³-hybridized carbons (Fsp3) is 0.350. The van der Waals surface area contributed by atoms with Gasteiger partial charge in [0.1, 0.15) is 12.4 Å². The van der Waals surface area contributed by atoms with Gasteiger partial charge in [0.15, 0.2) is 0 Å². The first-order valence-electron chi connectivity index (χ1n) is 9.06. The molecule has 0 aliphatic carbocycles. The van der Waals surface area contributed by atoms with Crippen molar-refractivity contribution in [2.45, 2.75) is 26.5 Å². The number of nitrogens with one attached hydrogen (secondary N) is 1. The number of benzene rings is 2. The Labute approximate surface area is 164 Å². The molecule has 1 amide bonds. The van der Waals surface area contributed by atoms with Crippen molar-refractivity contribution in [1.29, 1.82) is 0 Å². The van der Waals surface area contributed by atoms with Gasteiger partial charge in [0.2, 0.25) is 0 Å². The Morgan fingerprint density at radius 3 is 2.21 bits per heavy atom. The second-order valence-corrected chi connectivity index (χ2v) is 8.04. The molecule has 0 bridgehead atoms. The molecular formula is C20H25FNO5P. The molecule has 2 aromatic carbocycles. The molecule has 0 radical (unpaired) electrons. The second kappa shape index (κ2) is 11.0. The van der Waals surface area contributed by atoms with Crippen LogP contribution in [0.1, 0.15) is 31.0 Å². The first kappa shape index (κ1) is 22.1. The zero-order chi connectivity index (χ0) is 20.4. The number of halogens is 1. The number of rotatable bonds is 10. The van der Waals surface area contributed by atoms with Gasteiger partial charge in [-0.2, -0.15) is 0 Å². The van der Waals surface area contributed by atoms with Crippen molar-refractivity contribution in [3.05, 3.63) is 71.5 Å². The molecule has 0 unspecified atom stereocenters.